The Bertz CT molecular complexity index is 121. The molecule has 1 N–H and O–H groups in total. The van der Waals surface area contributed by atoms with Gasteiger partial charge in [0.2, 0.25) is 0 Å². The SMILES string of the molecule is CNCCN(C)CC(C)C1CC1. The lowest BCUT2D eigenvalue weighted by Crippen LogP contribution is -2.31. The summed E-state index contributed by atoms with van der Waals surface area (Å²) in [6.07, 6.45) is 2.95. The van der Waals surface area contributed by atoms with Crippen LogP contribution in [0.1, 0.15) is 19.8 Å². The van der Waals surface area contributed by atoms with E-state index in [4.69, 9.17) is 0 Å². The van der Waals surface area contributed by atoms with E-state index < -0.39 is 0 Å². The Morgan fingerprint density at radius 2 is 2.17 bits per heavy atom. The van der Waals surface area contributed by atoms with Crippen molar-refractivity contribution in [1.82, 2.24) is 10.2 Å². The van der Waals surface area contributed by atoms with Crippen LogP contribution in [0.25, 0.3) is 0 Å². The third-order valence-corrected chi connectivity index (χ3v) is 2.77. The molecule has 0 heterocycles. The molecule has 0 aromatic carbocycles. The number of hydrogen-bond donors (Lipinski definition) is 1. The Labute approximate surface area is 76.3 Å². The van der Waals surface area contributed by atoms with Gasteiger partial charge in [0.05, 0.1) is 0 Å². The number of likely N-dealkylation sites (N-methyl/N-ethyl adjacent to an activating group) is 2. The van der Waals surface area contributed by atoms with E-state index in [-0.39, 0.29) is 0 Å². The maximum Gasteiger partial charge on any atom is 0.0104 e. The van der Waals surface area contributed by atoms with Gasteiger partial charge in [0.25, 0.3) is 0 Å². The minimum atomic E-state index is 0.909. The van der Waals surface area contributed by atoms with Crippen LogP contribution in [0.2, 0.25) is 0 Å². The highest BCUT2D eigenvalue weighted by molar-refractivity contribution is 4.80. The highest BCUT2D eigenvalue weighted by atomic mass is 15.1. The molecule has 0 spiro atoms. The Balaban J connectivity index is 2.03. The monoisotopic (exact) mass is 170 g/mol. The molecular weight excluding hydrogens is 148 g/mol. The van der Waals surface area contributed by atoms with E-state index in [0.717, 1.165) is 18.4 Å². The Kier molecular flexibility index (Phi) is 4.02. The average Bonchev–Trinajstić information content (AvgIpc) is 2.82. The molecule has 1 atom stereocenters. The molecule has 0 aliphatic heterocycles. The van der Waals surface area contributed by atoms with E-state index >= 15 is 0 Å². The van der Waals surface area contributed by atoms with Crippen LogP contribution in [0.4, 0.5) is 0 Å². The van der Waals surface area contributed by atoms with Crippen LogP contribution in [0, 0.1) is 11.8 Å². The molecule has 2 nitrogen and oxygen atoms in total. The van der Waals surface area contributed by atoms with E-state index in [1.54, 1.807) is 0 Å². The van der Waals surface area contributed by atoms with Gasteiger partial charge >= 0.3 is 0 Å². The summed E-state index contributed by atoms with van der Waals surface area (Å²) in [5.74, 6) is 1.95. The van der Waals surface area contributed by atoms with Gasteiger partial charge < -0.3 is 10.2 Å². The standard InChI is InChI=1S/C10H22N2/c1-9(10-4-5-10)8-12(3)7-6-11-2/h9-11H,4-8H2,1-3H3. The summed E-state index contributed by atoms with van der Waals surface area (Å²) in [4.78, 5) is 2.43. The molecule has 0 bridgehead atoms. The minimum absolute atomic E-state index is 0.909. The van der Waals surface area contributed by atoms with Crippen molar-refractivity contribution in [2.24, 2.45) is 11.8 Å². The van der Waals surface area contributed by atoms with Crippen LogP contribution in [0.15, 0.2) is 0 Å². The van der Waals surface area contributed by atoms with Crippen LogP contribution in [-0.4, -0.2) is 38.6 Å². The molecule has 12 heavy (non-hydrogen) atoms. The Hall–Kier alpha value is -0.0800. The van der Waals surface area contributed by atoms with Gasteiger partial charge in [0.15, 0.2) is 0 Å². The van der Waals surface area contributed by atoms with Crippen molar-refractivity contribution in [3.05, 3.63) is 0 Å². The zero-order valence-electron chi connectivity index (χ0n) is 8.64. The van der Waals surface area contributed by atoms with E-state index in [1.165, 1.54) is 25.9 Å². The van der Waals surface area contributed by atoms with Crippen molar-refractivity contribution in [2.75, 3.05) is 33.7 Å². The van der Waals surface area contributed by atoms with Crippen molar-refractivity contribution in [2.45, 2.75) is 19.8 Å². The maximum absolute atomic E-state index is 3.18. The van der Waals surface area contributed by atoms with Crippen molar-refractivity contribution in [3.63, 3.8) is 0 Å². The van der Waals surface area contributed by atoms with Crippen LogP contribution < -0.4 is 5.32 Å². The zero-order chi connectivity index (χ0) is 8.97. The minimum Gasteiger partial charge on any atom is -0.318 e. The summed E-state index contributed by atoms with van der Waals surface area (Å²) in [5, 5.41) is 3.18. The van der Waals surface area contributed by atoms with Crippen molar-refractivity contribution < 1.29 is 0 Å². The molecule has 2 heteroatoms. The predicted molar refractivity (Wildman–Crippen MR) is 53.3 cm³/mol. The van der Waals surface area contributed by atoms with Crippen LogP contribution in [-0.2, 0) is 0 Å². The quantitative estimate of drug-likeness (QED) is 0.644. The second-order valence-electron chi connectivity index (χ2n) is 4.18. The van der Waals surface area contributed by atoms with Gasteiger partial charge in [-0.2, -0.15) is 0 Å². The molecule has 0 amide bonds. The summed E-state index contributed by atoms with van der Waals surface area (Å²) < 4.78 is 0. The average molecular weight is 170 g/mol. The predicted octanol–water partition coefficient (Wildman–Crippen LogP) is 1.18. The molecule has 1 aliphatic carbocycles. The molecule has 0 saturated heterocycles. The largest absolute Gasteiger partial charge is 0.318 e. The van der Waals surface area contributed by atoms with Crippen molar-refractivity contribution in [3.8, 4) is 0 Å². The number of hydrogen-bond acceptors (Lipinski definition) is 2. The van der Waals surface area contributed by atoms with Crippen LogP contribution in [0.3, 0.4) is 0 Å². The van der Waals surface area contributed by atoms with Gasteiger partial charge in [0, 0.05) is 19.6 Å². The Morgan fingerprint density at radius 3 is 2.67 bits per heavy atom. The van der Waals surface area contributed by atoms with E-state index in [0.29, 0.717) is 0 Å². The molecule has 1 fully saturated rings. The molecule has 1 saturated carbocycles. The summed E-state index contributed by atoms with van der Waals surface area (Å²) in [5.41, 5.74) is 0. The normalized spacial score (nSPS) is 20.0. The van der Waals surface area contributed by atoms with E-state index in [9.17, 15) is 0 Å². The first-order chi connectivity index (χ1) is 5.74. The lowest BCUT2D eigenvalue weighted by molar-refractivity contribution is 0.272. The summed E-state index contributed by atoms with van der Waals surface area (Å²) in [6.45, 7) is 5.93. The Morgan fingerprint density at radius 1 is 1.50 bits per heavy atom. The lowest BCUT2D eigenvalue weighted by atomic mass is 10.1. The van der Waals surface area contributed by atoms with E-state index in [1.807, 2.05) is 7.05 Å². The van der Waals surface area contributed by atoms with E-state index in [2.05, 4.69) is 24.2 Å². The topological polar surface area (TPSA) is 15.3 Å². The highest BCUT2D eigenvalue weighted by Gasteiger charge is 2.28. The summed E-state index contributed by atoms with van der Waals surface area (Å²) in [6, 6.07) is 0. The molecule has 0 aromatic rings. The molecule has 1 rings (SSSR count). The smallest absolute Gasteiger partial charge is 0.0104 e. The van der Waals surface area contributed by atoms with Gasteiger partial charge in [-0.1, -0.05) is 6.92 Å². The van der Waals surface area contributed by atoms with Gasteiger partial charge in [-0.15, -0.1) is 0 Å². The van der Waals surface area contributed by atoms with Gasteiger partial charge in [-0.3, -0.25) is 0 Å². The zero-order valence-corrected chi connectivity index (χ0v) is 8.64. The van der Waals surface area contributed by atoms with Crippen LogP contribution >= 0.6 is 0 Å². The van der Waals surface area contributed by atoms with Crippen molar-refractivity contribution in [1.29, 1.82) is 0 Å². The fourth-order valence-corrected chi connectivity index (χ4v) is 1.70. The lowest BCUT2D eigenvalue weighted by Gasteiger charge is -2.20. The number of nitrogens with one attached hydrogen (secondary N) is 1. The fraction of sp³-hybridized carbons (Fsp3) is 1.00. The fourth-order valence-electron chi connectivity index (χ4n) is 1.70. The molecule has 1 aliphatic rings. The number of nitrogens with zero attached hydrogens (tertiary/aromatic N) is 1. The maximum atomic E-state index is 3.18. The van der Waals surface area contributed by atoms with Gasteiger partial charge in [0.1, 0.15) is 0 Å². The van der Waals surface area contributed by atoms with Crippen LogP contribution in [0.5, 0.6) is 0 Å². The molecule has 1 unspecified atom stereocenters. The van der Waals surface area contributed by atoms with Gasteiger partial charge in [-0.05, 0) is 38.8 Å². The first kappa shape index (κ1) is 10.0. The molecular formula is C10H22N2. The third-order valence-electron chi connectivity index (χ3n) is 2.77. The van der Waals surface area contributed by atoms with Crippen molar-refractivity contribution >= 4 is 0 Å². The molecule has 0 aromatic heterocycles. The first-order valence-electron chi connectivity index (χ1n) is 5.07. The highest BCUT2D eigenvalue weighted by Crippen LogP contribution is 2.36. The molecule has 72 valence electrons. The third kappa shape index (κ3) is 3.55. The second-order valence-corrected chi connectivity index (χ2v) is 4.18. The first-order valence-corrected chi connectivity index (χ1v) is 5.07. The summed E-state index contributed by atoms with van der Waals surface area (Å²) in [7, 11) is 4.23. The second kappa shape index (κ2) is 4.83. The molecule has 0 radical (unpaired) electrons. The number of rotatable bonds is 6. The van der Waals surface area contributed by atoms with Gasteiger partial charge in [-0.25, -0.2) is 0 Å². The summed E-state index contributed by atoms with van der Waals surface area (Å²) >= 11 is 0.